The highest BCUT2D eigenvalue weighted by Gasteiger charge is 2.02. The van der Waals surface area contributed by atoms with Gasteiger partial charge in [0.1, 0.15) is 0 Å². The topological polar surface area (TPSA) is 54.4 Å². The molecule has 74 valence electrons. The first-order valence-corrected chi connectivity index (χ1v) is 6.22. The number of hydrogen-bond acceptors (Lipinski definition) is 2. The van der Waals surface area contributed by atoms with E-state index in [0.717, 1.165) is 25.7 Å². The van der Waals surface area contributed by atoms with E-state index in [1.807, 2.05) is 0 Å². The van der Waals surface area contributed by atoms with Gasteiger partial charge in [0.05, 0.1) is 5.75 Å². The van der Waals surface area contributed by atoms with Gasteiger partial charge in [-0.15, -0.1) is 11.6 Å². The van der Waals surface area contributed by atoms with Crippen LogP contribution in [0.4, 0.5) is 0 Å². The van der Waals surface area contributed by atoms with Crippen LogP contribution in [-0.2, 0) is 10.1 Å². The molecule has 3 nitrogen and oxygen atoms in total. The van der Waals surface area contributed by atoms with Crippen molar-refractivity contribution in [3.05, 3.63) is 0 Å². The predicted molar refractivity (Wildman–Crippen MR) is 50.2 cm³/mol. The molecule has 0 spiro atoms. The Morgan fingerprint density at radius 1 is 1.00 bits per heavy atom. The zero-order valence-corrected chi connectivity index (χ0v) is 8.57. The lowest BCUT2D eigenvalue weighted by Gasteiger charge is -1.97. The number of unbranched alkanes of at least 4 members (excludes halogenated alkanes) is 4. The van der Waals surface area contributed by atoms with E-state index in [-0.39, 0.29) is 5.75 Å². The largest absolute Gasteiger partial charge is 0.286 e. The quantitative estimate of drug-likeness (QED) is 0.401. The van der Waals surface area contributed by atoms with Crippen LogP contribution in [0.25, 0.3) is 0 Å². The Bertz CT molecular complexity index is 189. The smallest absolute Gasteiger partial charge is 0.264 e. The summed E-state index contributed by atoms with van der Waals surface area (Å²) < 4.78 is 28.9. The van der Waals surface area contributed by atoms with Crippen LogP contribution >= 0.6 is 11.6 Å². The lowest BCUT2D eigenvalue weighted by molar-refractivity contribution is 0.479. The highest BCUT2D eigenvalue weighted by atomic mass is 35.5. The monoisotopic (exact) mass is 214 g/mol. The van der Waals surface area contributed by atoms with Crippen molar-refractivity contribution in [2.24, 2.45) is 0 Å². The fourth-order valence-corrected chi connectivity index (χ4v) is 1.67. The van der Waals surface area contributed by atoms with Crippen molar-refractivity contribution in [1.29, 1.82) is 0 Å². The van der Waals surface area contributed by atoms with Crippen molar-refractivity contribution >= 4 is 21.7 Å². The molecule has 0 aromatic heterocycles. The highest BCUT2D eigenvalue weighted by Crippen LogP contribution is 2.04. The third-order valence-corrected chi connectivity index (χ3v) is 2.61. The van der Waals surface area contributed by atoms with Crippen molar-refractivity contribution in [2.75, 3.05) is 11.6 Å². The van der Waals surface area contributed by atoms with Crippen LogP contribution in [-0.4, -0.2) is 24.6 Å². The number of halogens is 1. The maximum absolute atomic E-state index is 10.3. The van der Waals surface area contributed by atoms with Gasteiger partial charge in [-0.1, -0.05) is 19.3 Å². The van der Waals surface area contributed by atoms with Gasteiger partial charge < -0.3 is 0 Å². The molecule has 0 aliphatic carbocycles. The molecule has 0 aromatic rings. The molecule has 0 atom stereocenters. The average molecular weight is 215 g/mol. The van der Waals surface area contributed by atoms with E-state index < -0.39 is 10.1 Å². The summed E-state index contributed by atoms with van der Waals surface area (Å²) in [6.07, 6.45) is 4.39. The van der Waals surface area contributed by atoms with Crippen LogP contribution in [0.3, 0.4) is 0 Å². The highest BCUT2D eigenvalue weighted by molar-refractivity contribution is 7.85. The minimum Gasteiger partial charge on any atom is -0.286 e. The first-order chi connectivity index (χ1) is 5.56. The summed E-state index contributed by atoms with van der Waals surface area (Å²) in [6, 6.07) is 0. The summed E-state index contributed by atoms with van der Waals surface area (Å²) in [5.41, 5.74) is 0. The fraction of sp³-hybridized carbons (Fsp3) is 1.00. The second-order valence-corrected chi connectivity index (χ2v) is 4.69. The summed E-state index contributed by atoms with van der Waals surface area (Å²) in [6.45, 7) is 0. The molecule has 0 saturated carbocycles. The van der Waals surface area contributed by atoms with Crippen molar-refractivity contribution in [3.63, 3.8) is 0 Å². The molecule has 0 aliphatic heterocycles. The zero-order valence-electron chi connectivity index (χ0n) is 7.00. The molecule has 0 aliphatic rings. The first kappa shape index (κ1) is 12.2. The standard InChI is InChI=1S/C7H15ClO3S/c8-6-4-2-1-3-5-7-12(9,10)11/h1-7H2,(H,9,10,11). The molecule has 0 amide bonds. The maximum Gasteiger partial charge on any atom is 0.264 e. The zero-order chi connectivity index (χ0) is 9.45. The SMILES string of the molecule is O=S(=O)(O)CCCCCCCCl. The minimum absolute atomic E-state index is 0.117. The molecule has 5 heteroatoms. The van der Waals surface area contributed by atoms with Crippen LogP contribution < -0.4 is 0 Å². The Kier molecular flexibility index (Phi) is 6.80. The van der Waals surface area contributed by atoms with Gasteiger partial charge >= 0.3 is 0 Å². The van der Waals surface area contributed by atoms with E-state index in [1.165, 1.54) is 0 Å². The van der Waals surface area contributed by atoms with Crippen molar-refractivity contribution < 1.29 is 13.0 Å². The summed E-state index contributed by atoms with van der Waals surface area (Å²) in [5, 5.41) is 0. The first-order valence-electron chi connectivity index (χ1n) is 4.07. The lowest BCUT2D eigenvalue weighted by atomic mass is 10.2. The van der Waals surface area contributed by atoms with Gasteiger partial charge in [0.25, 0.3) is 10.1 Å². The molecule has 0 rings (SSSR count). The van der Waals surface area contributed by atoms with E-state index in [9.17, 15) is 8.42 Å². The van der Waals surface area contributed by atoms with Crippen LogP contribution in [0, 0.1) is 0 Å². The fourth-order valence-electron chi connectivity index (χ4n) is 0.909. The van der Waals surface area contributed by atoms with Gasteiger partial charge in [0, 0.05) is 5.88 Å². The van der Waals surface area contributed by atoms with E-state index in [0.29, 0.717) is 12.3 Å². The van der Waals surface area contributed by atoms with Gasteiger partial charge in [-0.05, 0) is 12.8 Å². The Labute approximate surface area is 78.9 Å². The Morgan fingerprint density at radius 3 is 2.00 bits per heavy atom. The molecule has 0 saturated heterocycles. The van der Waals surface area contributed by atoms with Crippen LogP contribution in [0.15, 0.2) is 0 Å². The molecule has 0 fully saturated rings. The summed E-state index contributed by atoms with van der Waals surface area (Å²) in [5.74, 6) is 0.548. The Morgan fingerprint density at radius 2 is 1.50 bits per heavy atom. The molecule has 0 bridgehead atoms. The van der Waals surface area contributed by atoms with E-state index in [2.05, 4.69) is 0 Å². The van der Waals surface area contributed by atoms with Crippen LogP contribution in [0.5, 0.6) is 0 Å². The second kappa shape index (κ2) is 6.69. The molecular weight excluding hydrogens is 200 g/mol. The minimum atomic E-state index is -3.74. The van der Waals surface area contributed by atoms with Gasteiger partial charge in [0.2, 0.25) is 0 Å². The number of hydrogen-bond donors (Lipinski definition) is 1. The van der Waals surface area contributed by atoms with Crippen molar-refractivity contribution in [3.8, 4) is 0 Å². The second-order valence-electron chi connectivity index (χ2n) is 2.74. The predicted octanol–water partition coefficient (Wildman–Crippen LogP) is 2.06. The van der Waals surface area contributed by atoms with E-state index >= 15 is 0 Å². The Balaban J connectivity index is 3.12. The van der Waals surface area contributed by atoms with Gasteiger partial charge in [-0.25, -0.2) is 0 Å². The molecular formula is C7H15ClO3S. The third kappa shape index (κ3) is 10.2. The summed E-state index contributed by atoms with van der Waals surface area (Å²) in [7, 11) is -3.74. The average Bonchev–Trinajstić information content (AvgIpc) is 1.94. The molecule has 0 aromatic carbocycles. The summed E-state index contributed by atoms with van der Waals surface area (Å²) in [4.78, 5) is 0. The number of rotatable bonds is 7. The van der Waals surface area contributed by atoms with Crippen LogP contribution in [0.2, 0.25) is 0 Å². The number of alkyl halides is 1. The van der Waals surface area contributed by atoms with Gasteiger partial charge in [0.15, 0.2) is 0 Å². The Hall–Kier alpha value is 0.200. The molecule has 1 N–H and O–H groups in total. The molecule has 0 radical (unpaired) electrons. The van der Waals surface area contributed by atoms with Gasteiger partial charge in [-0.3, -0.25) is 4.55 Å². The lowest BCUT2D eigenvalue weighted by Crippen LogP contribution is -2.03. The van der Waals surface area contributed by atoms with Crippen LogP contribution in [0.1, 0.15) is 32.1 Å². The molecule has 0 heterocycles. The van der Waals surface area contributed by atoms with Crippen molar-refractivity contribution in [2.45, 2.75) is 32.1 Å². The molecule has 12 heavy (non-hydrogen) atoms. The van der Waals surface area contributed by atoms with Gasteiger partial charge in [-0.2, -0.15) is 8.42 Å². The third-order valence-electron chi connectivity index (χ3n) is 1.54. The van der Waals surface area contributed by atoms with E-state index in [1.54, 1.807) is 0 Å². The summed E-state index contributed by atoms with van der Waals surface area (Å²) >= 11 is 5.45. The van der Waals surface area contributed by atoms with Crippen molar-refractivity contribution in [1.82, 2.24) is 0 Å². The van der Waals surface area contributed by atoms with E-state index in [4.69, 9.17) is 16.2 Å². The maximum atomic E-state index is 10.3. The normalized spacial score (nSPS) is 11.8. The molecule has 0 unspecified atom stereocenters.